The Morgan fingerprint density at radius 3 is 2.59 bits per heavy atom. The Kier molecular flexibility index (Phi) is 4.49. The topological polar surface area (TPSA) is 44.1 Å². The van der Waals surface area contributed by atoms with Crippen LogP contribution in [0.3, 0.4) is 0 Å². The molecule has 4 nitrogen and oxygen atoms in total. The highest BCUT2D eigenvalue weighted by atomic mass is 19.4. The summed E-state index contributed by atoms with van der Waals surface area (Å²) in [4.78, 5) is 17.5. The number of halogens is 3. The maximum absolute atomic E-state index is 13.4. The van der Waals surface area contributed by atoms with Gasteiger partial charge in [0.05, 0.1) is 23.2 Å². The lowest BCUT2D eigenvalue weighted by atomic mass is 10.00. The monoisotopic (exact) mass is 458 g/mol. The highest BCUT2D eigenvalue weighted by Crippen LogP contribution is 2.35. The first kappa shape index (κ1) is 20.5. The molecule has 0 saturated carbocycles. The molecule has 2 aromatic heterocycles. The predicted molar refractivity (Wildman–Crippen MR) is 124 cm³/mol. The Morgan fingerprint density at radius 1 is 0.912 bits per heavy atom. The molecule has 7 heteroatoms. The summed E-state index contributed by atoms with van der Waals surface area (Å²) in [6.45, 7) is 0.661. The quantitative estimate of drug-likeness (QED) is 0.298. The first-order chi connectivity index (χ1) is 16.4. The Hall–Kier alpha value is -4.13. The Balaban J connectivity index is 1.63. The van der Waals surface area contributed by atoms with Crippen LogP contribution in [0, 0.1) is 0 Å². The van der Waals surface area contributed by atoms with Crippen molar-refractivity contribution in [2.75, 3.05) is 6.61 Å². The van der Waals surface area contributed by atoms with Gasteiger partial charge in [-0.05, 0) is 59.2 Å². The summed E-state index contributed by atoms with van der Waals surface area (Å²) in [6.07, 6.45) is -2.01. The Morgan fingerprint density at radius 2 is 1.74 bits per heavy atom. The maximum Gasteiger partial charge on any atom is 0.416 e. The van der Waals surface area contributed by atoms with Gasteiger partial charge in [-0.1, -0.05) is 24.3 Å². The highest BCUT2D eigenvalue weighted by Gasteiger charge is 2.30. The zero-order valence-electron chi connectivity index (χ0n) is 17.8. The standard InChI is InChI=1S/C27H17F3N2O2/c28-27(29,30)20-2-1-3-21(14-20)32-25(33)9-7-19-15-31-23-8-6-17(12-22(23)26(19)32)18-5-4-16-10-11-34-24(16)13-18/h1-9,12-15H,10-11H2. The summed E-state index contributed by atoms with van der Waals surface area (Å²) in [5.41, 5.74) is 3.07. The molecule has 0 fully saturated rings. The van der Waals surface area contributed by atoms with Crippen LogP contribution >= 0.6 is 0 Å². The lowest BCUT2D eigenvalue weighted by Gasteiger charge is -2.15. The molecular weight excluding hydrogens is 441 g/mol. The van der Waals surface area contributed by atoms with Gasteiger partial charge in [0, 0.05) is 35.1 Å². The summed E-state index contributed by atoms with van der Waals surface area (Å²) in [7, 11) is 0. The van der Waals surface area contributed by atoms with Gasteiger partial charge in [0.25, 0.3) is 5.56 Å². The van der Waals surface area contributed by atoms with Crippen molar-refractivity contribution in [2.45, 2.75) is 12.6 Å². The van der Waals surface area contributed by atoms with Crippen LogP contribution in [0.4, 0.5) is 13.2 Å². The van der Waals surface area contributed by atoms with Gasteiger partial charge in [-0.3, -0.25) is 14.3 Å². The highest BCUT2D eigenvalue weighted by molar-refractivity contribution is 6.05. The van der Waals surface area contributed by atoms with Gasteiger partial charge < -0.3 is 4.74 Å². The number of rotatable bonds is 2. The zero-order chi connectivity index (χ0) is 23.4. The number of aromatic nitrogens is 2. The summed E-state index contributed by atoms with van der Waals surface area (Å²) in [5, 5.41) is 1.32. The minimum Gasteiger partial charge on any atom is -0.493 e. The van der Waals surface area contributed by atoms with Gasteiger partial charge in [0.15, 0.2) is 0 Å². The minimum absolute atomic E-state index is 0.147. The van der Waals surface area contributed by atoms with Crippen LogP contribution in [-0.4, -0.2) is 16.2 Å². The van der Waals surface area contributed by atoms with Crippen molar-refractivity contribution >= 4 is 21.8 Å². The lowest BCUT2D eigenvalue weighted by molar-refractivity contribution is -0.137. The first-order valence-corrected chi connectivity index (χ1v) is 10.8. The second-order valence-electron chi connectivity index (χ2n) is 8.27. The van der Waals surface area contributed by atoms with E-state index in [-0.39, 0.29) is 5.69 Å². The average molecular weight is 458 g/mol. The Bertz CT molecular complexity index is 1650. The number of nitrogens with zero attached hydrogens (tertiary/aromatic N) is 2. The van der Waals surface area contributed by atoms with E-state index >= 15 is 0 Å². The molecule has 0 radical (unpaired) electrons. The van der Waals surface area contributed by atoms with E-state index in [1.54, 1.807) is 12.3 Å². The molecule has 6 rings (SSSR count). The van der Waals surface area contributed by atoms with E-state index in [1.807, 2.05) is 36.4 Å². The van der Waals surface area contributed by atoms with Gasteiger partial charge in [-0.2, -0.15) is 13.2 Å². The van der Waals surface area contributed by atoms with Crippen LogP contribution in [0.5, 0.6) is 5.75 Å². The number of fused-ring (bicyclic) bond motifs is 4. The molecule has 3 aromatic carbocycles. The third kappa shape index (κ3) is 3.32. The molecule has 0 amide bonds. The van der Waals surface area contributed by atoms with E-state index in [2.05, 4.69) is 4.98 Å². The lowest BCUT2D eigenvalue weighted by Crippen LogP contribution is -2.18. The van der Waals surface area contributed by atoms with Gasteiger partial charge in [0.2, 0.25) is 0 Å². The molecule has 0 aliphatic carbocycles. The number of hydrogen-bond acceptors (Lipinski definition) is 3. The van der Waals surface area contributed by atoms with Gasteiger partial charge in [-0.25, -0.2) is 0 Å². The van der Waals surface area contributed by atoms with Crippen molar-refractivity contribution in [2.24, 2.45) is 0 Å². The van der Waals surface area contributed by atoms with Crippen molar-refractivity contribution in [1.29, 1.82) is 0 Å². The van der Waals surface area contributed by atoms with Crippen LogP contribution in [0.2, 0.25) is 0 Å². The van der Waals surface area contributed by atoms with Crippen molar-refractivity contribution in [3.63, 3.8) is 0 Å². The maximum atomic E-state index is 13.4. The van der Waals surface area contributed by atoms with Crippen LogP contribution < -0.4 is 10.3 Å². The van der Waals surface area contributed by atoms with Gasteiger partial charge >= 0.3 is 6.18 Å². The fourth-order valence-corrected chi connectivity index (χ4v) is 4.51. The normalized spacial score (nSPS) is 13.3. The summed E-state index contributed by atoms with van der Waals surface area (Å²) < 4.78 is 47.2. The molecule has 34 heavy (non-hydrogen) atoms. The molecule has 0 saturated heterocycles. The molecule has 0 atom stereocenters. The summed E-state index contributed by atoms with van der Waals surface area (Å²) in [5.74, 6) is 0.856. The summed E-state index contributed by atoms with van der Waals surface area (Å²) >= 11 is 0. The molecule has 0 bridgehead atoms. The Labute approximate surface area is 191 Å². The largest absolute Gasteiger partial charge is 0.493 e. The van der Waals surface area contributed by atoms with Crippen molar-refractivity contribution < 1.29 is 17.9 Å². The van der Waals surface area contributed by atoms with Crippen LogP contribution in [-0.2, 0) is 12.6 Å². The van der Waals surface area contributed by atoms with Gasteiger partial charge in [-0.15, -0.1) is 0 Å². The molecule has 0 N–H and O–H groups in total. The second kappa shape index (κ2) is 7.45. The van der Waals surface area contributed by atoms with E-state index in [9.17, 15) is 18.0 Å². The third-order valence-electron chi connectivity index (χ3n) is 6.18. The molecule has 1 aliphatic heterocycles. The fraction of sp³-hybridized carbons (Fsp3) is 0.111. The number of ether oxygens (including phenoxy) is 1. The van der Waals surface area contributed by atoms with E-state index in [1.165, 1.54) is 22.8 Å². The van der Waals surface area contributed by atoms with E-state index in [0.29, 0.717) is 28.4 Å². The number of hydrogen-bond donors (Lipinski definition) is 0. The van der Waals surface area contributed by atoms with Crippen LogP contribution in [0.25, 0.3) is 38.6 Å². The van der Waals surface area contributed by atoms with Crippen molar-refractivity contribution in [3.8, 4) is 22.6 Å². The number of benzene rings is 3. The van der Waals surface area contributed by atoms with Crippen molar-refractivity contribution in [1.82, 2.24) is 9.55 Å². The third-order valence-corrected chi connectivity index (χ3v) is 6.18. The SMILES string of the molecule is O=c1ccc2cnc3ccc(-c4ccc5c(c4)OCC5)cc3c2n1-c1cccc(C(F)(F)F)c1. The first-order valence-electron chi connectivity index (χ1n) is 10.8. The average Bonchev–Trinajstić information content (AvgIpc) is 3.31. The molecular formula is C27H17F3N2O2. The molecule has 168 valence electrons. The second-order valence-corrected chi connectivity index (χ2v) is 8.27. The number of pyridine rings is 2. The van der Waals surface area contributed by atoms with Crippen LogP contribution in [0.15, 0.2) is 83.8 Å². The molecule has 0 spiro atoms. The molecule has 3 heterocycles. The molecule has 1 aliphatic rings. The van der Waals surface area contributed by atoms with E-state index < -0.39 is 17.3 Å². The van der Waals surface area contributed by atoms with Crippen LogP contribution in [0.1, 0.15) is 11.1 Å². The van der Waals surface area contributed by atoms with Crippen molar-refractivity contribution in [3.05, 3.63) is 100 Å². The predicted octanol–water partition coefficient (Wildman–Crippen LogP) is 6.16. The molecule has 5 aromatic rings. The zero-order valence-corrected chi connectivity index (χ0v) is 17.8. The summed E-state index contributed by atoms with van der Waals surface area (Å²) in [6, 6.07) is 19.6. The van der Waals surface area contributed by atoms with Gasteiger partial charge in [0.1, 0.15) is 5.75 Å². The molecule has 0 unspecified atom stereocenters. The van der Waals surface area contributed by atoms with E-state index in [4.69, 9.17) is 4.74 Å². The fourth-order valence-electron chi connectivity index (χ4n) is 4.51. The minimum atomic E-state index is -4.52. The smallest absolute Gasteiger partial charge is 0.416 e. The number of alkyl halides is 3. The van der Waals surface area contributed by atoms with E-state index in [0.717, 1.165) is 41.0 Å².